The minimum absolute atomic E-state index is 0.0712. The highest BCUT2D eigenvalue weighted by Gasteiger charge is 2.45. The number of carbonyl (C=O) groups excluding carboxylic acids is 1. The van der Waals surface area contributed by atoms with Gasteiger partial charge in [-0.3, -0.25) is 14.5 Å². The summed E-state index contributed by atoms with van der Waals surface area (Å²) in [6.07, 6.45) is 0.717. The molecule has 1 aliphatic rings. The lowest BCUT2D eigenvalue weighted by molar-refractivity contribution is 0.0970. The maximum Gasteiger partial charge on any atom is 0.297 e. The molecule has 5 rings (SSSR count). The number of hydrogen-bond donors (Lipinski definition) is 0. The number of halogens is 1. The maximum absolute atomic E-state index is 13.6. The van der Waals surface area contributed by atoms with Gasteiger partial charge in [-0.1, -0.05) is 46.3 Å². The van der Waals surface area contributed by atoms with Crippen LogP contribution in [0.2, 0.25) is 0 Å². The van der Waals surface area contributed by atoms with Crippen molar-refractivity contribution in [1.29, 1.82) is 0 Å². The van der Waals surface area contributed by atoms with Gasteiger partial charge in [-0.25, -0.2) is 0 Å². The standard InChI is InChI=1S/C23H18BrN3O3S/c1-4-17-25-26-23(31-17)27-19(13-5-7-14(24)8-6-13)18-20(28)15-9-11(2)12(3)10-16(15)30-21(18)22(27)29/h5-10,19H,4H2,1-3H3. The zero-order valence-electron chi connectivity index (χ0n) is 17.1. The Labute approximate surface area is 190 Å². The van der Waals surface area contributed by atoms with Crippen molar-refractivity contribution < 1.29 is 9.21 Å². The summed E-state index contributed by atoms with van der Waals surface area (Å²) in [5.41, 5.74) is 3.37. The van der Waals surface area contributed by atoms with Crippen LogP contribution in [0.3, 0.4) is 0 Å². The number of benzene rings is 2. The lowest BCUT2D eigenvalue weighted by atomic mass is 9.98. The Hall–Kier alpha value is -2.84. The molecule has 6 nitrogen and oxygen atoms in total. The van der Waals surface area contributed by atoms with E-state index in [4.69, 9.17) is 4.42 Å². The third-order valence-corrected chi connectivity index (χ3v) is 7.23. The second-order valence-corrected chi connectivity index (χ2v) is 9.52. The molecule has 4 aromatic rings. The Bertz CT molecular complexity index is 1410. The van der Waals surface area contributed by atoms with Crippen molar-refractivity contribution in [1.82, 2.24) is 10.2 Å². The van der Waals surface area contributed by atoms with Crippen LogP contribution in [0.1, 0.15) is 50.8 Å². The number of aromatic nitrogens is 2. The number of aryl methyl sites for hydroxylation is 3. The summed E-state index contributed by atoms with van der Waals surface area (Å²) in [4.78, 5) is 28.7. The Morgan fingerprint density at radius 3 is 2.48 bits per heavy atom. The van der Waals surface area contributed by atoms with Crippen LogP contribution >= 0.6 is 27.3 Å². The molecule has 1 aliphatic heterocycles. The fourth-order valence-corrected chi connectivity index (χ4v) is 4.94. The molecule has 0 fully saturated rings. The molecule has 0 saturated carbocycles. The summed E-state index contributed by atoms with van der Waals surface area (Å²) >= 11 is 4.80. The molecular weight excluding hydrogens is 478 g/mol. The lowest BCUT2D eigenvalue weighted by Gasteiger charge is -2.22. The van der Waals surface area contributed by atoms with Crippen LogP contribution in [-0.2, 0) is 6.42 Å². The Morgan fingerprint density at radius 1 is 1.10 bits per heavy atom. The molecule has 0 aliphatic carbocycles. The first-order chi connectivity index (χ1) is 14.9. The number of amides is 1. The summed E-state index contributed by atoms with van der Waals surface area (Å²) in [5.74, 6) is -0.305. The number of anilines is 1. The van der Waals surface area contributed by atoms with Crippen molar-refractivity contribution in [2.75, 3.05) is 4.90 Å². The quantitative estimate of drug-likeness (QED) is 0.383. The summed E-state index contributed by atoms with van der Waals surface area (Å²) < 4.78 is 6.96. The van der Waals surface area contributed by atoms with Gasteiger partial charge < -0.3 is 4.42 Å². The normalized spacial score (nSPS) is 15.7. The van der Waals surface area contributed by atoms with E-state index >= 15 is 0 Å². The lowest BCUT2D eigenvalue weighted by Crippen LogP contribution is -2.29. The molecule has 1 amide bonds. The SMILES string of the molecule is CCc1nnc(N2C(=O)c3oc4cc(C)c(C)cc4c(=O)c3C2c2ccc(Br)cc2)s1. The first-order valence-corrected chi connectivity index (χ1v) is 11.5. The van der Waals surface area contributed by atoms with Gasteiger partial charge in [0.25, 0.3) is 5.91 Å². The van der Waals surface area contributed by atoms with E-state index in [0.717, 1.165) is 32.6 Å². The molecule has 0 spiro atoms. The number of nitrogens with zero attached hydrogens (tertiary/aromatic N) is 3. The van der Waals surface area contributed by atoms with Gasteiger partial charge in [-0.2, -0.15) is 0 Å². The third-order valence-electron chi connectivity index (χ3n) is 5.64. The zero-order chi connectivity index (χ0) is 21.9. The molecule has 2 aromatic carbocycles. The minimum atomic E-state index is -0.629. The number of rotatable bonds is 3. The van der Waals surface area contributed by atoms with Crippen molar-refractivity contribution in [2.45, 2.75) is 33.2 Å². The van der Waals surface area contributed by atoms with Crippen molar-refractivity contribution in [3.8, 4) is 0 Å². The van der Waals surface area contributed by atoms with Gasteiger partial charge in [0.15, 0.2) is 5.43 Å². The predicted octanol–water partition coefficient (Wildman–Crippen LogP) is 5.34. The van der Waals surface area contributed by atoms with Crippen molar-refractivity contribution in [3.63, 3.8) is 0 Å². The van der Waals surface area contributed by atoms with Gasteiger partial charge in [-0.05, 0) is 61.2 Å². The second kappa shape index (κ2) is 7.39. The van der Waals surface area contributed by atoms with E-state index in [1.165, 1.54) is 16.2 Å². The van der Waals surface area contributed by atoms with Crippen LogP contribution in [0.4, 0.5) is 5.13 Å². The van der Waals surface area contributed by atoms with Gasteiger partial charge in [0.2, 0.25) is 10.9 Å². The first-order valence-electron chi connectivity index (χ1n) is 9.88. The number of fused-ring (bicyclic) bond motifs is 2. The fourth-order valence-electron chi connectivity index (χ4n) is 3.87. The molecular formula is C23H18BrN3O3S. The third kappa shape index (κ3) is 3.13. The molecule has 0 N–H and O–H groups in total. The largest absolute Gasteiger partial charge is 0.450 e. The summed E-state index contributed by atoms with van der Waals surface area (Å²) in [6, 6.07) is 10.6. The minimum Gasteiger partial charge on any atom is -0.450 e. The van der Waals surface area contributed by atoms with Gasteiger partial charge in [0.1, 0.15) is 10.6 Å². The van der Waals surface area contributed by atoms with Gasteiger partial charge in [0.05, 0.1) is 17.0 Å². The van der Waals surface area contributed by atoms with Gasteiger partial charge in [0, 0.05) is 4.47 Å². The number of hydrogen-bond acceptors (Lipinski definition) is 6. The molecule has 0 radical (unpaired) electrons. The zero-order valence-corrected chi connectivity index (χ0v) is 19.5. The first kappa shape index (κ1) is 20.1. The molecule has 156 valence electrons. The van der Waals surface area contributed by atoms with Crippen LogP contribution in [0.15, 0.2) is 50.1 Å². The van der Waals surface area contributed by atoms with E-state index in [9.17, 15) is 9.59 Å². The van der Waals surface area contributed by atoms with Crippen LogP contribution in [0.25, 0.3) is 11.0 Å². The van der Waals surface area contributed by atoms with E-state index in [-0.39, 0.29) is 17.1 Å². The summed E-state index contributed by atoms with van der Waals surface area (Å²) in [5, 5.41) is 10.2. The summed E-state index contributed by atoms with van der Waals surface area (Å²) in [6.45, 7) is 5.90. The molecule has 0 saturated heterocycles. The molecule has 8 heteroatoms. The second-order valence-electron chi connectivity index (χ2n) is 7.57. The molecule has 0 bridgehead atoms. The van der Waals surface area contributed by atoms with Gasteiger partial charge >= 0.3 is 0 Å². The average molecular weight is 496 g/mol. The topological polar surface area (TPSA) is 76.3 Å². The predicted molar refractivity (Wildman–Crippen MR) is 124 cm³/mol. The molecule has 1 atom stereocenters. The fraction of sp³-hybridized carbons (Fsp3) is 0.217. The van der Waals surface area contributed by atoms with Crippen molar-refractivity contribution in [3.05, 3.63) is 84.1 Å². The van der Waals surface area contributed by atoms with E-state index < -0.39 is 6.04 Å². The molecule has 3 heterocycles. The monoisotopic (exact) mass is 495 g/mol. The molecule has 2 aromatic heterocycles. The van der Waals surface area contributed by atoms with Gasteiger partial charge in [-0.15, -0.1) is 10.2 Å². The van der Waals surface area contributed by atoms with Crippen LogP contribution in [0.5, 0.6) is 0 Å². The average Bonchev–Trinajstić information content (AvgIpc) is 3.33. The van der Waals surface area contributed by atoms with Crippen molar-refractivity contribution in [2.24, 2.45) is 0 Å². The number of carbonyl (C=O) groups is 1. The van der Waals surface area contributed by atoms with E-state index in [2.05, 4.69) is 26.1 Å². The smallest absolute Gasteiger partial charge is 0.297 e. The van der Waals surface area contributed by atoms with Crippen molar-refractivity contribution >= 4 is 49.3 Å². The Morgan fingerprint density at radius 2 is 1.81 bits per heavy atom. The summed E-state index contributed by atoms with van der Waals surface area (Å²) in [7, 11) is 0. The van der Waals surface area contributed by atoms with E-state index in [1.54, 1.807) is 0 Å². The Balaban J connectivity index is 1.81. The van der Waals surface area contributed by atoms with E-state index in [1.807, 2.05) is 57.2 Å². The Kier molecular flexibility index (Phi) is 4.79. The van der Waals surface area contributed by atoms with Crippen LogP contribution in [-0.4, -0.2) is 16.1 Å². The highest BCUT2D eigenvalue weighted by molar-refractivity contribution is 9.10. The molecule has 31 heavy (non-hydrogen) atoms. The van der Waals surface area contributed by atoms with Crippen LogP contribution < -0.4 is 10.3 Å². The van der Waals surface area contributed by atoms with Crippen LogP contribution in [0, 0.1) is 13.8 Å². The van der Waals surface area contributed by atoms with E-state index in [0.29, 0.717) is 21.7 Å². The highest BCUT2D eigenvalue weighted by Crippen LogP contribution is 2.42. The maximum atomic E-state index is 13.6. The highest BCUT2D eigenvalue weighted by atomic mass is 79.9. The molecule has 1 unspecified atom stereocenters.